The Labute approximate surface area is 169 Å². The molecular formula is C23H14N4O3. The fourth-order valence-corrected chi connectivity index (χ4v) is 3.62. The number of hydrogen-bond donors (Lipinski definition) is 1. The van der Waals surface area contributed by atoms with Crippen molar-refractivity contribution in [1.29, 1.82) is 0 Å². The maximum Gasteiger partial charge on any atom is 0.283 e. The molecule has 0 amide bonds. The van der Waals surface area contributed by atoms with Gasteiger partial charge in [-0.1, -0.05) is 30.3 Å². The third kappa shape index (κ3) is 2.72. The Morgan fingerprint density at radius 3 is 2.53 bits per heavy atom. The highest BCUT2D eigenvalue weighted by Crippen LogP contribution is 2.35. The molecule has 0 bridgehead atoms. The number of nitrogens with one attached hydrogen (secondary N) is 1. The molecule has 144 valence electrons. The van der Waals surface area contributed by atoms with E-state index >= 15 is 0 Å². The number of nitrogens with zero attached hydrogens (tertiary/aromatic N) is 3. The van der Waals surface area contributed by atoms with Gasteiger partial charge < -0.3 is 4.98 Å². The highest BCUT2D eigenvalue weighted by Gasteiger charge is 2.24. The predicted octanol–water partition coefficient (Wildman–Crippen LogP) is 4.70. The summed E-state index contributed by atoms with van der Waals surface area (Å²) in [4.78, 5) is 38.7. The zero-order valence-electron chi connectivity index (χ0n) is 15.6. The van der Waals surface area contributed by atoms with E-state index in [9.17, 15) is 14.5 Å². The zero-order valence-corrected chi connectivity index (χ0v) is 15.6. The van der Waals surface area contributed by atoms with E-state index in [1.165, 1.54) is 4.68 Å². The zero-order chi connectivity index (χ0) is 20.7. The standard InChI is InChI=1S/C23H14N4O3/c28-13-14-8-10-17(11-9-14)27-23(29)20-21(15-4-3-5-16(12-15)26-30)24-19-7-2-1-6-18(19)22(20)25-27/h1-13,24H. The molecule has 0 unspecified atom stereocenters. The molecule has 3 aromatic carbocycles. The van der Waals surface area contributed by atoms with Crippen molar-refractivity contribution in [2.75, 3.05) is 0 Å². The fraction of sp³-hybridized carbons (Fsp3) is 0. The predicted molar refractivity (Wildman–Crippen MR) is 115 cm³/mol. The number of aromatic nitrogens is 3. The van der Waals surface area contributed by atoms with E-state index in [0.717, 1.165) is 17.2 Å². The van der Waals surface area contributed by atoms with Crippen molar-refractivity contribution in [3.05, 3.63) is 93.6 Å². The molecule has 3 aromatic rings. The quantitative estimate of drug-likeness (QED) is 0.353. The Kier molecular flexibility index (Phi) is 4.07. The van der Waals surface area contributed by atoms with E-state index in [2.05, 4.69) is 15.3 Å². The van der Waals surface area contributed by atoms with E-state index in [0.29, 0.717) is 33.8 Å². The van der Waals surface area contributed by atoms with Gasteiger partial charge in [0.2, 0.25) is 0 Å². The summed E-state index contributed by atoms with van der Waals surface area (Å²) in [6, 6.07) is 21.0. The second-order valence-corrected chi connectivity index (χ2v) is 6.84. The Morgan fingerprint density at radius 1 is 0.967 bits per heavy atom. The van der Waals surface area contributed by atoms with Crippen LogP contribution in [0.5, 0.6) is 0 Å². The lowest BCUT2D eigenvalue weighted by Crippen LogP contribution is -2.15. The van der Waals surface area contributed by atoms with E-state index < -0.39 is 0 Å². The second-order valence-electron chi connectivity index (χ2n) is 6.84. The molecule has 30 heavy (non-hydrogen) atoms. The molecule has 5 rings (SSSR count). The Hall–Kier alpha value is -4.39. The summed E-state index contributed by atoms with van der Waals surface area (Å²) in [5.41, 5.74) is 4.04. The minimum Gasteiger partial charge on any atom is -0.354 e. The summed E-state index contributed by atoms with van der Waals surface area (Å²) in [5, 5.41) is 8.41. The second kappa shape index (κ2) is 6.89. The van der Waals surface area contributed by atoms with Crippen LogP contribution >= 0.6 is 0 Å². The number of carbonyl (C=O) groups is 1. The van der Waals surface area contributed by atoms with Crippen LogP contribution < -0.4 is 5.56 Å². The van der Waals surface area contributed by atoms with Crippen LogP contribution in [0.25, 0.3) is 39.1 Å². The van der Waals surface area contributed by atoms with E-state index in [4.69, 9.17) is 0 Å². The largest absolute Gasteiger partial charge is 0.354 e. The molecule has 0 spiro atoms. The minimum atomic E-state index is -0.301. The molecule has 0 fully saturated rings. The molecule has 7 heteroatoms. The number of carbonyl (C=O) groups excluding carboxylic acids is 1. The van der Waals surface area contributed by atoms with Crippen LogP contribution in [0.3, 0.4) is 0 Å². The van der Waals surface area contributed by atoms with Crippen LogP contribution in [0.4, 0.5) is 5.69 Å². The van der Waals surface area contributed by atoms with Crippen LogP contribution in [0.2, 0.25) is 0 Å². The third-order valence-electron chi connectivity index (χ3n) is 5.05. The molecule has 7 nitrogen and oxygen atoms in total. The van der Waals surface area contributed by atoms with Gasteiger partial charge in [0.15, 0.2) is 0 Å². The molecule has 0 saturated heterocycles. The van der Waals surface area contributed by atoms with Gasteiger partial charge in [-0.15, -0.1) is 4.91 Å². The highest BCUT2D eigenvalue weighted by molar-refractivity contribution is 5.99. The van der Waals surface area contributed by atoms with Crippen molar-refractivity contribution < 1.29 is 4.79 Å². The summed E-state index contributed by atoms with van der Waals surface area (Å²) in [5.74, 6) is 0. The fourth-order valence-electron chi connectivity index (χ4n) is 3.62. The molecule has 2 heterocycles. The van der Waals surface area contributed by atoms with Gasteiger partial charge in [-0.3, -0.25) is 9.59 Å². The number of benzene rings is 3. The molecule has 0 saturated carbocycles. The molecule has 0 radical (unpaired) electrons. The Bertz CT molecular complexity index is 1450. The number of nitroso groups, excluding NO2 is 1. The molecule has 1 N–H and O–H groups in total. The normalized spacial score (nSPS) is 11.1. The van der Waals surface area contributed by atoms with Crippen LogP contribution in [0.15, 0.2) is 82.8 Å². The third-order valence-corrected chi connectivity index (χ3v) is 5.05. The smallest absolute Gasteiger partial charge is 0.283 e. The maximum absolute atomic E-state index is 13.4. The highest BCUT2D eigenvalue weighted by atomic mass is 16.3. The van der Waals surface area contributed by atoms with Gasteiger partial charge in [0, 0.05) is 22.0 Å². The maximum atomic E-state index is 13.4. The van der Waals surface area contributed by atoms with Gasteiger partial charge in [-0.05, 0) is 47.6 Å². The lowest BCUT2D eigenvalue weighted by molar-refractivity contribution is 0.112. The first kappa shape index (κ1) is 17.7. The van der Waals surface area contributed by atoms with E-state index in [1.807, 2.05) is 30.3 Å². The molecular weight excluding hydrogens is 380 g/mol. The number of fused-ring (bicyclic) bond motifs is 3. The Morgan fingerprint density at radius 2 is 1.77 bits per heavy atom. The average molecular weight is 394 g/mol. The SMILES string of the molecule is O=Cc1ccc(-n2nc3c4ccccc4[nH]c(-c4cccc(N=O)c4)c-3c2=O)cc1. The van der Waals surface area contributed by atoms with Crippen LogP contribution in [0.1, 0.15) is 10.4 Å². The van der Waals surface area contributed by atoms with Crippen molar-refractivity contribution >= 4 is 22.9 Å². The van der Waals surface area contributed by atoms with E-state index in [-0.39, 0.29) is 11.2 Å². The first-order chi connectivity index (χ1) is 14.7. The van der Waals surface area contributed by atoms with Crippen LogP contribution in [0, 0.1) is 4.91 Å². The first-order valence-corrected chi connectivity index (χ1v) is 9.23. The number of pyridine rings is 1. The van der Waals surface area contributed by atoms with Gasteiger partial charge in [0.05, 0.1) is 16.9 Å². The van der Waals surface area contributed by atoms with Crippen molar-refractivity contribution in [1.82, 2.24) is 14.8 Å². The lowest BCUT2D eigenvalue weighted by atomic mass is 10.00. The van der Waals surface area contributed by atoms with Gasteiger partial charge in [0.1, 0.15) is 17.7 Å². The van der Waals surface area contributed by atoms with Crippen molar-refractivity contribution in [2.24, 2.45) is 5.18 Å². The summed E-state index contributed by atoms with van der Waals surface area (Å²) in [6.45, 7) is 0. The van der Waals surface area contributed by atoms with Crippen molar-refractivity contribution in [2.45, 2.75) is 0 Å². The molecule has 0 aliphatic carbocycles. The Balaban J connectivity index is 1.85. The van der Waals surface area contributed by atoms with Crippen LogP contribution in [-0.2, 0) is 0 Å². The number of rotatable bonds is 4. The van der Waals surface area contributed by atoms with Gasteiger partial charge in [0.25, 0.3) is 5.56 Å². The molecule has 0 aromatic heterocycles. The summed E-state index contributed by atoms with van der Waals surface area (Å²) >= 11 is 0. The average Bonchev–Trinajstić information content (AvgIpc) is 3.16. The summed E-state index contributed by atoms with van der Waals surface area (Å²) in [7, 11) is 0. The molecule has 0 atom stereocenters. The van der Waals surface area contributed by atoms with E-state index in [1.54, 1.807) is 42.5 Å². The lowest BCUT2D eigenvalue weighted by Gasteiger charge is -2.10. The topological polar surface area (TPSA) is 97.2 Å². The van der Waals surface area contributed by atoms with Crippen molar-refractivity contribution in [3.8, 4) is 28.2 Å². The number of hydrogen-bond acceptors (Lipinski definition) is 5. The van der Waals surface area contributed by atoms with Gasteiger partial charge >= 0.3 is 0 Å². The number of para-hydroxylation sites is 1. The summed E-state index contributed by atoms with van der Waals surface area (Å²) < 4.78 is 1.32. The summed E-state index contributed by atoms with van der Waals surface area (Å²) in [6.07, 6.45) is 0.746. The molecule has 2 aliphatic rings. The van der Waals surface area contributed by atoms with Gasteiger partial charge in [-0.2, -0.15) is 9.78 Å². The number of H-pyrrole nitrogens is 1. The first-order valence-electron chi connectivity index (χ1n) is 9.23. The number of aldehydes is 1. The number of aromatic amines is 1. The minimum absolute atomic E-state index is 0.270. The van der Waals surface area contributed by atoms with Crippen molar-refractivity contribution in [3.63, 3.8) is 0 Å². The molecule has 2 aliphatic heterocycles. The van der Waals surface area contributed by atoms with Crippen LogP contribution in [-0.4, -0.2) is 21.1 Å². The van der Waals surface area contributed by atoms with Gasteiger partial charge in [-0.25, -0.2) is 0 Å². The monoisotopic (exact) mass is 394 g/mol.